The summed E-state index contributed by atoms with van der Waals surface area (Å²) in [4.78, 5) is 10.6. The molecule has 0 N–H and O–H groups in total. The average Bonchev–Trinajstić information content (AvgIpc) is 3.41. The van der Waals surface area contributed by atoms with Crippen LogP contribution in [0.1, 0.15) is 25.0 Å². The summed E-state index contributed by atoms with van der Waals surface area (Å²) in [5.41, 5.74) is 12.6. The van der Waals surface area contributed by atoms with E-state index in [-0.39, 0.29) is 5.41 Å². The Morgan fingerprint density at radius 3 is 1.75 bits per heavy atom. The van der Waals surface area contributed by atoms with E-state index < -0.39 is 0 Å². The Bertz CT molecular complexity index is 2830. The summed E-state index contributed by atoms with van der Waals surface area (Å²) in [6, 6.07) is 61.3. The second kappa shape index (κ2) is 11.3. The first-order chi connectivity index (χ1) is 25.0. The van der Waals surface area contributed by atoms with Gasteiger partial charge in [-0.05, 0) is 90.0 Å². The van der Waals surface area contributed by atoms with Gasteiger partial charge in [0.15, 0.2) is 5.82 Å². The van der Waals surface area contributed by atoms with E-state index in [0.717, 1.165) is 33.9 Å². The molecular weight excluding hydrogens is 617 g/mol. The second-order valence-electron chi connectivity index (χ2n) is 14.2. The minimum atomic E-state index is -0.141. The molecule has 10 rings (SSSR count). The third kappa shape index (κ3) is 4.71. The Labute approximate surface area is 297 Å². The number of rotatable bonds is 4. The lowest BCUT2D eigenvalue weighted by atomic mass is 9.81. The van der Waals surface area contributed by atoms with E-state index in [1.807, 2.05) is 6.07 Å². The summed E-state index contributed by atoms with van der Waals surface area (Å²) < 4.78 is 0. The zero-order valence-corrected chi connectivity index (χ0v) is 28.6. The zero-order valence-electron chi connectivity index (χ0n) is 28.6. The topological polar surface area (TPSA) is 25.8 Å². The fourth-order valence-corrected chi connectivity index (χ4v) is 8.26. The Morgan fingerprint density at radius 1 is 0.373 bits per heavy atom. The van der Waals surface area contributed by atoms with Crippen molar-refractivity contribution in [3.63, 3.8) is 0 Å². The highest BCUT2D eigenvalue weighted by atomic mass is 14.9. The number of hydrogen-bond acceptors (Lipinski definition) is 2. The molecule has 2 nitrogen and oxygen atoms in total. The number of aromatic nitrogens is 2. The number of benzene rings is 8. The predicted molar refractivity (Wildman–Crippen MR) is 214 cm³/mol. The van der Waals surface area contributed by atoms with E-state index in [2.05, 4.69) is 178 Å². The lowest BCUT2D eigenvalue weighted by Gasteiger charge is -2.22. The highest BCUT2D eigenvalue weighted by Crippen LogP contribution is 2.53. The highest BCUT2D eigenvalue weighted by Gasteiger charge is 2.37. The molecule has 9 aromatic rings. The first-order valence-electron chi connectivity index (χ1n) is 17.7. The maximum absolute atomic E-state index is 5.32. The van der Waals surface area contributed by atoms with Crippen molar-refractivity contribution in [2.45, 2.75) is 19.3 Å². The molecule has 0 amide bonds. The van der Waals surface area contributed by atoms with Gasteiger partial charge in [-0.1, -0.05) is 159 Å². The lowest BCUT2D eigenvalue weighted by molar-refractivity contribution is 0.661. The molecule has 1 aliphatic rings. The zero-order chi connectivity index (χ0) is 34.1. The molecule has 240 valence electrons. The van der Waals surface area contributed by atoms with Gasteiger partial charge >= 0.3 is 0 Å². The molecule has 0 atom stereocenters. The molecule has 51 heavy (non-hydrogen) atoms. The lowest BCUT2D eigenvalue weighted by Crippen LogP contribution is -2.14. The SMILES string of the molecule is CC1(C)c2cc3ccccc3cc2-c2c(-c3cc(-c4ccc(-c5ccc6ccccc6c5)c5ccccc45)nc(-c4ccccc4)n3)cccc21. The number of hydrogen-bond donors (Lipinski definition) is 0. The molecule has 0 bridgehead atoms. The molecule has 0 aliphatic heterocycles. The second-order valence-corrected chi connectivity index (χ2v) is 14.2. The van der Waals surface area contributed by atoms with Crippen LogP contribution < -0.4 is 0 Å². The van der Waals surface area contributed by atoms with Crippen LogP contribution in [-0.4, -0.2) is 9.97 Å². The average molecular weight is 651 g/mol. The van der Waals surface area contributed by atoms with Gasteiger partial charge in [-0.15, -0.1) is 0 Å². The summed E-state index contributed by atoms with van der Waals surface area (Å²) >= 11 is 0. The molecule has 2 heteroatoms. The molecule has 0 spiro atoms. The molecular formula is C49H34N2. The predicted octanol–water partition coefficient (Wildman–Crippen LogP) is 12.9. The maximum atomic E-state index is 5.32. The summed E-state index contributed by atoms with van der Waals surface area (Å²) in [7, 11) is 0. The quantitative estimate of drug-likeness (QED) is 0.189. The van der Waals surface area contributed by atoms with Gasteiger partial charge in [0.25, 0.3) is 0 Å². The van der Waals surface area contributed by atoms with Gasteiger partial charge in [-0.3, -0.25) is 0 Å². The van der Waals surface area contributed by atoms with Gasteiger partial charge in [0, 0.05) is 22.1 Å². The Hall–Kier alpha value is -6.38. The van der Waals surface area contributed by atoms with Crippen LogP contribution in [0.3, 0.4) is 0 Å². The van der Waals surface area contributed by atoms with Crippen LogP contribution in [-0.2, 0) is 5.41 Å². The molecule has 0 radical (unpaired) electrons. The van der Waals surface area contributed by atoms with Crippen molar-refractivity contribution in [3.8, 4) is 56.2 Å². The van der Waals surface area contributed by atoms with Crippen molar-refractivity contribution in [1.29, 1.82) is 0 Å². The van der Waals surface area contributed by atoms with Crippen LogP contribution in [0, 0.1) is 0 Å². The molecule has 1 heterocycles. The summed E-state index contributed by atoms with van der Waals surface area (Å²) in [6.07, 6.45) is 0. The standard InChI is InChI=1S/C49H34N2/c1-49(2)43-22-12-21-41(47(43)42-28-34-17-8-9-18-35(34)29-44(42)49)46-30-45(50-48(51-46)32-14-4-3-5-15-32)40-26-25-37(38-19-10-11-20-39(38)40)36-24-23-31-13-6-7-16-33(31)27-36/h3-30H,1-2H3. The third-order valence-electron chi connectivity index (χ3n) is 10.9. The molecule has 0 saturated carbocycles. The van der Waals surface area contributed by atoms with Crippen molar-refractivity contribution in [2.75, 3.05) is 0 Å². The van der Waals surface area contributed by atoms with Crippen LogP contribution in [0.15, 0.2) is 170 Å². The van der Waals surface area contributed by atoms with Crippen LogP contribution in [0.2, 0.25) is 0 Å². The molecule has 8 aromatic carbocycles. The van der Waals surface area contributed by atoms with Crippen molar-refractivity contribution >= 4 is 32.3 Å². The minimum absolute atomic E-state index is 0.141. The van der Waals surface area contributed by atoms with E-state index >= 15 is 0 Å². The van der Waals surface area contributed by atoms with Crippen molar-refractivity contribution in [3.05, 3.63) is 181 Å². The van der Waals surface area contributed by atoms with Crippen molar-refractivity contribution in [2.24, 2.45) is 0 Å². The normalized spacial score (nSPS) is 13.1. The van der Waals surface area contributed by atoms with E-state index in [4.69, 9.17) is 9.97 Å². The maximum Gasteiger partial charge on any atom is 0.160 e. The van der Waals surface area contributed by atoms with Gasteiger partial charge in [-0.25, -0.2) is 9.97 Å². The van der Waals surface area contributed by atoms with Gasteiger partial charge in [0.1, 0.15) is 0 Å². The fraction of sp³-hybridized carbons (Fsp3) is 0.0612. The van der Waals surface area contributed by atoms with Crippen LogP contribution in [0.5, 0.6) is 0 Å². The van der Waals surface area contributed by atoms with E-state index in [1.54, 1.807) is 0 Å². The fourth-order valence-electron chi connectivity index (χ4n) is 8.26. The summed E-state index contributed by atoms with van der Waals surface area (Å²) in [5, 5.41) is 7.38. The third-order valence-corrected chi connectivity index (χ3v) is 10.9. The van der Waals surface area contributed by atoms with Gasteiger partial charge < -0.3 is 0 Å². The van der Waals surface area contributed by atoms with E-state index in [0.29, 0.717) is 0 Å². The number of nitrogens with zero attached hydrogens (tertiary/aromatic N) is 2. The van der Waals surface area contributed by atoms with E-state index in [1.165, 1.54) is 65.7 Å². The Morgan fingerprint density at radius 2 is 0.980 bits per heavy atom. The van der Waals surface area contributed by atoms with Crippen LogP contribution in [0.4, 0.5) is 0 Å². The van der Waals surface area contributed by atoms with Crippen LogP contribution in [0.25, 0.3) is 88.5 Å². The van der Waals surface area contributed by atoms with E-state index in [9.17, 15) is 0 Å². The molecule has 1 aliphatic carbocycles. The Balaban J connectivity index is 1.20. The van der Waals surface area contributed by atoms with Crippen molar-refractivity contribution < 1.29 is 0 Å². The molecule has 0 saturated heterocycles. The first kappa shape index (κ1) is 29.5. The largest absolute Gasteiger partial charge is 0.228 e. The monoisotopic (exact) mass is 650 g/mol. The summed E-state index contributed by atoms with van der Waals surface area (Å²) in [5.74, 6) is 0.722. The smallest absolute Gasteiger partial charge is 0.160 e. The van der Waals surface area contributed by atoms with Gasteiger partial charge in [-0.2, -0.15) is 0 Å². The van der Waals surface area contributed by atoms with Crippen molar-refractivity contribution in [1.82, 2.24) is 9.97 Å². The highest BCUT2D eigenvalue weighted by molar-refractivity contribution is 6.06. The molecule has 1 aromatic heterocycles. The summed E-state index contributed by atoms with van der Waals surface area (Å²) in [6.45, 7) is 4.69. The van der Waals surface area contributed by atoms with Crippen LogP contribution >= 0.6 is 0 Å². The van der Waals surface area contributed by atoms with Gasteiger partial charge in [0.2, 0.25) is 0 Å². The first-order valence-corrected chi connectivity index (χ1v) is 17.7. The van der Waals surface area contributed by atoms with Gasteiger partial charge in [0.05, 0.1) is 11.4 Å². The minimum Gasteiger partial charge on any atom is -0.228 e. The number of fused-ring (bicyclic) bond motifs is 6. The molecule has 0 unspecified atom stereocenters. The Kier molecular flexibility index (Phi) is 6.56. The molecule has 0 fully saturated rings.